The van der Waals surface area contributed by atoms with Gasteiger partial charge in [-0.3, -0.25) is 9.59 Å². The van der Waals surface area contributed by atoms with E-state index in [1.165, 1.54) is 11.3 Å². The van der Waals surface area contributed by atoms with E-state index < -0.39 is 0 Å². The molecule has 2 aromatic heterocycles. The Labute approximate surface area is 185 Å². The predicted octanol–water partition coefficient (Wildman–Crippen LogP) is 3.47. The van der Waals surface area contributed by atoms with E-state index in [9.17, 15) is 9.59 Å². The molecule has 0 bridgehead atoms. The van der Waals surface area contributed by atoms with Crippen LogP contribution in [0, 0.1) is 5.92 Å². The van der Waals surface area contributed by atoms with Crippen molar-refractivity contribution >= 4 is 23.2 Å². The molecule has 31 heavy (non-hydrogen) atoms. The van der Waals surface area contributed by atoms with Crippen LogP contribution in [0.4, 0.5) is 0 Å². The number of carbonyl (C=O) groups is 2. The molecule has 2 fully saturated rings. The lowest BCUT2D eigenvalue weighted by molar-refractivity contribution is -0.136. The van der Waals surface area contributed by atoms with Gasteiger partial charge in [-0.15, -0.1) is 11.3 Å². The van der Waals surface area contributed by atoms with E-state index in [-0.39, 0.29) is 17.7 Å². The molecule has 3 aromatic rings. The highest BCUT2D eigenvalue weighted by Crippen LogP contribution is 2.28. The molecule has 3 heterocycles. The average molecular weight is 436 g/mol. The van der Waals surface area contributed by atoms with Gasteiger partial charge in [-0.1, -0.05) is 31.0 Å². The van der Waals surface area contributed by atoms with Crippen molar-refractivity contribution in [1.29, 1.82) is 0 Å². The summed E-state index contributed by atoms with van der Waals surface area (Å²) in [6, 6.07) is 9.89. The van der Waals surface area contributed by atoms with Crippen molar-refractivity contribution in [3.05, 3.63) is 53.8 Å². The monoisotopic (exact) mass is 435 g/mol. The van der Waals surface area contributed by atoms with Gasteiger partial charge in [0.25, 0.3) is 5.91 Å². The summed E-state index contributed by atoms with van der Waals surface area (Å²) in [5.74, 6) is 0.405. The van der Waals surface area contributed by atoms with E-state index in [0.29, 0.717) is 31.9 Å². The standard InChI is InChI=1S/C23H25N5O2S/c29-22(17-6-4-5-7-17)26-10-12-27(13-11-26)23(30)20-16-31-21(25-20)18-14-24-28(15-18)19-8-2-1-3-9-19/h1-3,8-9,14-17H,4-7,10-13H2. The zero-order valence-electron chi connectivity index (χ0n) is 17.3. The fourth-order valence-corrected chi connectivity index (χ4v) is 5.15. The summed E-state index contributed by atoms with van der Waals surface area (Å²) in [6.45, 7) is 2.36. The van der Waals surface area contributed by atoms with Gasteiger partial charge in [0.15, 0.2) is 0 Å². The van der Waals surface area contributed by atoms with Crippen molar-refractivity contribution in [2.24, 2.45) is 5.92 Å². The summed E-state index contributed by atoms with van der Waals surface area (Å²) in [7, 11) is 0. The first kappa shape index (κ1) is 19.9. The van der Waals surface area contributed by atoms with E-state index in [1.807, 2.05) is 51.7 Å². The Bertz CT molecular complexity index is 1060. The molecule has 1 aliphatic carbocycles. The molecule has 0 spiro atoms. The Kier molecular flexibility index (Phi) is 5.55. The van der Waals surface area contributed by atoms with E-state index >= 15 is 0 Å². The van der Waals surface area contributed by atoms with Crippen molar-refractivity contribution in [1.82, 2.24) is 24.6 Å². The largest absolute Gasteiger partial charge is 0.339 e. The maximum absolute atomic E-state index is 12.9. The summed E-state index contributed by atoms with van der Waals surface area (Å²) in [4.78, 5) is 33.9. The molecule has 0 N–H and O–H groups in total. The van der Waals surface area contributed by atoms with E-state index in [1.54, 1.807) is 10.9 Å². The minimum absolute atomic E-state index is 0.0640. The van der Waals surface area contributed by atoms with Crippen molar-refractivity contribution < 1.29 is 9.59 Å². The molecular weight excluding hydrogens is 410 g/mol. The second-order valence-corrected chi connectivity index (χ2v) is 9.00. The van der Waals surface area contributed by atoms with Crippen LogP contribution in [0.3, 0.4) is 0 Å². The zero-order valence-corrected chi connectivity index (χ0v) is 18.1. The minimum atomic E-state index is -0.0640. The summed E-state index contributed by atoms with van der Waals surface area (Å²) in [6.07, 6.45) is 8.04. The Morgan fingerprint density at radius 2 is 1.68 bits per heavy atom. The van der Waals surface area contributed by atoms with E-state index in [0.717, 1.165) is 41.9 Å². The van der Waals surface area contributed by atoms with Crippen LogP contribution in [0.25, 0.3) is 16.3 Å². The molecule has 2 amide bonds. The van der Waals surface area contributed by atoms with Crippen LogP contribution in [0.5, 0.6) is 0 Å². The highest BCUT2D eigenvalue weighted by atomic mass is 32.1. The quantitative estimate of drug-likeness (QED) is 0.629. The zero-order chi connectivity index (χ0) is 21.2. The molecular formula is C23H25N5O2S. The summed E-state index contributed by atoms with van der Waals surface area (Å²) < 4.78 is 1.80. The third-order valence-corrected chi connectivity index (χ3v) is 7.05. The number of nitrogens with zero attached hydrogens (tertiary/aromatic N) is 5. The maximum atomic E-state index is 12.9. The lowest BCUT2D eigenvalue weighted by atomic mass is 10.1. The van der Waals surface area contributed by atoms with Gasteiger partial charge in [-0.2, -0.15) is 5.10 Å². The first-order chi connectivity index (χ1) is 15.2. The molecule has 1 saturated carbocycles. The number of piperazine rings is 1. The smallest absolute Gasteiger partial charge is 0.273 e. The third-order valence-electron chi connectivity index (χ3n) is 6.16. The maximum Gasteiger partial charge on any atom is 0.273 e. The Balaban J connectivity index is 1.22. The highest BCUT2D eigenvalue weighted by molar-refractivity contribution is 7.13. The Morgan fingerprint density at radius 1 is 0.968 bits per heavy atom. The molecule has 0 unspecified atom stereocenters. The van der Waals surface area contributed by atoms with Crippen molar-refractivity contribution in [2.75, 3.05) is 26.2 Å². The fraction of sp³-hybridized carbons (Fsp3) is 0.391. The first-order valence-corrected chi connectivity index (χ1v) is 11.7. The van der Waals surface area contributed by atoms with Gasteiger partial charge in [-0.25, -0.2) is 9.67 Å². The topological polar surface area (TPSA) is 71.3 Å². The van der Waals surface area contributed by atoms with Crippen LogP contribution in [0.1, 0.15) is 36.2 Å². The number of hydrogen-bond acceptors (Lipinski definition) is 5. The number of rotatable bonds is 4. The van der Waals surface area contributed by atoms with Crippen LogP contribution in [0.15, 0.2) is 48.1 Å². The third kappa shape index (κ3) is 4.12. The van der Waals surface area contributed by atoms with Crippen molar-refractivity contribution in [2.45, 2.75) is 25.7 Å². The molecule has 5 rings (SSSR count). The lowest BCUT2D eigenvalue weighted by Gasteiger charge is -2.35. The number of hydrogen-bond donors (Lipinski definition) is 0. The minimum Gasteiger partial charge on any atom is -0.339 e. The molecule has 160 valence electrons. The Hall–Kier alpha value is -3.00. The van der Waals surface area contributed by atoms with Gasteiger partial charge in [0.1, 0.15) is 10.7 Å². The second kappa shape index (κ2) is 8.63. The SMILES string of the molecule is O=C(c1csc(-c2cnn(-c3ccccc3)c2)n1)N1CCN(C(=O)C2CCCC2)CC1. The van der Waals surface area contributed by atoms with Crippen LogP contribution >= 0.6 is 11.3 Å². The lowest BCUT2D eigenvalue weighted by Crippen LogP contribution is -2.51. The molecule has 2 aliphatic rings. The van der Waals surface area contributed by atoms with E-state index in [4.69, 9.17) is 0 Å². The van der Waals surface area contributed by atoms with Crippen LogP contribution < -0.4 is 0 Å². The normalized spacial score (nSPS) is 17.3. The van der Waals surface area contributed by atoms with Gasteiger partial charge < -0.3 is 9.80 Å². The van der Waals surface area contributed by atoms with Gasteiger partial charge in [0, 0.05) is 49.2 Å². The number of amides is 2. The highest BCUT2D eigenvalue weighted by Gasteiger charge is 2.31. The van der Waals surface area contributed by atoms with Crippen molar-refractivity contribution in [3.63, 3.8) is 0 Å². The predicted molar refractivity (Wildman–Crippen MR) is 119 cm³/mol. The van der Waals surface area contributed by atoms with Gasteiger partial charge in [-0.05, 0) is 25.0 Å². The van der Waals surface area contributed by atoms with Gasteiger partial charge in [0.2, 0.25) is 5.91 Å². The first-order valence-electron chi connectivity index (χ1n) is 10.8. The molecule has 8 heteroatoms. The molecule has 7 nitrogen and oxygen atoms in total. The molecule has 0 radical (unpaired) electrons. The number of thiazole rings is 1. The molecule has 1 saturated heterocycles. The molecule has 1 aliphatic heterocycles. The summed E-state index contributed by atoms with van der Waals surface area (Å²) in [5, 5.41) is 7.01. The fourth-order valence-electron chi connectivity index (χ4n) is 4.38. The summed E-state index contributed by atoms with van der Waals surface area (Å²) in [5.41, 5.74) is 2.33. The number of para-hydroxylation sites is 1. The average Bonchev–Trinajstić information content (AvgIpc) is 3.60. The second-order valence-electron chi connectivity index (χ2n) is 8.15. The van der Waals surface area contributed by atoms with Crippen LogP contribution in [-0.2, 0) is 4.79 Å². The Morgan fingerprint density at radius 3 is 2.42 bits per heavy atom. The van der Waals surface area contributed by atoms with Crippen molar-refractivity contribution in [3.8, 4) is 16.3 Å². The van der Waals surface area contributed by atoms with Gasteiger partial charge >= 0.3 is 0 Å². The van der Waals surface area contributed by atoms with Gasteiger partial charge in [0.05, 0.1) is 11.9 Å². The van der Waals surface area contributed by atoms with E-state index in [2.05, 4.69) is 10.1 Å². The van der Waals surface area contributed by atoms with Crippen LogP contribution in [-0.4, -0.2) is 62.6 Å². The number of aromatic nitrogens is 3. The number of carbonyl (C=O) groups excluding carboxylic acids is 2. The number of benzene rings is 1. The molecule has 0 atom stereocenters. The molecule has 1 aromatic carbocycles. The summed E-state index contributed by atoms with van der Waals surface area (Å²) >= 11 is 1.45. The van der Waals surface area contributed by atoms with Crippen LogP contribution in [0.2, 0.25) is 0 Å².